The number of hydrogen-bond acceptors (Lipinski definition) is 4. The first-order chi connectivity index (χ1) is 13.1. The predicted molar refractivity (Wildman–Crippen MR) is 115 cm³/mol. The van der Waals surface area contributed by atoms with Crippen molar-refractivity contribution in [1.82, 2.24) is 10.6 Å². The largest absolute Gasteiger partial charge is 0.383 e. The zero-order valence-corrected chi connectivity index (χ0v) is 17.0. The van der Waals surface area contributed by atoms with Gasteiger partial charge in [-0.05, 0) is 60.7 Å². The van der Waals surface area contributed by atoms with Crippen LogP contribution in [-0.2, 0) is 5.60 Å². The van der Waals surface area contributed by atoms with Crippen LogP contribution in [-0.4, -0.2) is 43.8 Å². The minimum absolute atomic E-state index is 0.333. The van der Waals surface area contributed by atoms with Gasteiger partial charge in [0, 0.05) is 31.9 Å². The van der Waals surface area contributed by atoms with Crippen molar-refractivity contribution in [2.24, 2.45) is 10.9 Å². The van der Waals surface area contributed by atoms with Gasteiger partial charge in [-0.1, -0.05) is 18.2 Å². The fourth-order valence-electron chi connectivity index (χ4n) is 3.35. The van der Waals surface area contributed by atoms with E-state index in [0.29, 0.717) is 12.5 Å². The maximum atomic E-state index is 10.7. The lowest BCUT2D eigenvalue weighted by Crippen LogP contribution is -2.41. The Morgan fingerprint density at radius 3 is 2.81 bits per heavy atom. The Hall–Kier alpha value is -2.05. The lowest BCUT2D eigenvalue weighted by molar-refractivity contribution is 0.0677. The summed E-state index contributed by atoms with van der Waals surface area (Å²) in [6.45, 7) is 8.04. The van der Waals surface area contributed by atoms with Crippen molar-refractivity contribution in [1.29, 1.82) is 0 Å². The molecule has 1 aliphatic rings. The zero-order chi connectivity index (χ0) is 19.1. The minimum Gasteiger partial charge on any atom is -0.383 e. The van der Waals surface area contributed by atoms with Gasteiger partial charge >= 0.3 is 0 Å². The number of nitrogens with zero attached hydrogens (tertiary/aromatic N) is 2. The van der Waals surface area contributed by atoms with E-state index in [9.17, 15) is 5.11 Å². The smallest absolute Gasteiger partial charge is 0.191 e. The third-order valence-electron chi connectivity index (χ3n) is 5.00. The van der Waals surface area contributed by atoms with Gasteiger partial charge in [0.15, 0.2) is 5.96 Å². The van der Waals surface area contributed by atoms with Crippen LogP contribution < -0.4 is 15.5 Å². The maximum Gasteiger partial charge on any atom is 0.191 e. The summed E-state index contributed by atoms with van der Waals surface area (Å²) in [5, 5.41) is 21.4. The summed E-state index contributed by atoms with van der Waals surface area (Å²) in [4.78, 5) is 7.06. The van der Waals surface area contributed by atoms with Crippen molar-refractivity contribution in [3.8, 4) is 0 Å². The molecule has 3 N–H and O–H groups in total. The summed E-state index contributed by atoms with van der Waals surface area (Å²) in [6.07, 6.45) is 1.17. The molecule has 0 aliphatic carbocycles. The molecular formula is C21H30N4OS. The molecule has 27 heavy (non-hydrogen) atoms. The van der Waals surface area contributed by atoms with Gasteiger partial charge < -0.3 is 20.6 Å². The highest BCUT2D eigenvalue weighted by Gasteiger charge is 2.24. The summed E-state index contributed by atoms with van der Waals surface area (Å²) in [5.41, 5.74) is 1.27. The third-order valence-corrected chi connectivity index (χ3v) is 5.68. The number of aliphatic imine (C=N–C) groups is 1. The molecule has 0 radical (unpaired) electrons. The van der Waals surface area contributed by atoms with Crippen molar-refractivity contribution < 1.29 is 5.11 Å². The first-order valence-corrected chi connectivity index (χ1v) is 10.6. The molecule has 1 saturated heterocycles. The number of thiophene rings is 1. The van der Waals surface area contributed by atoms with E-state index in [1.54, 1.807) is 11.3 Å². The van der Waals surface area contributed by atoms with Gasteiger partial charge in [0.2, 0.25) is 0 Å². The molecule has 1 fully saturated rings. The number of para-hydroxylation sites is 1. The quantitative estimate of drug-likeness (QED) is 0.506. The van der Waals surface area contributed by atoms with Gasteiger partial charge in [0.05, 0.1) is 6.54 Å². The highest BCUT2D eigenvalue weighted by molar-refractivity contribution is 7.08. The minimum atomic E-state index is -0.945. The lowest BCUT2D eigenvalue weighted by atomic mass is 10.00. The first kappa shape index (κ1) is 19.7. The van der Waals surface area contributed by atoms with E-state index in [1.807, 2.05) is 23.8 Å². The number of guanidine groups is 1. The monoisotopic (exact) mass is 386 g/mol. The molecule has 5 nitrogen and oxygen atoms in total. The number of hydrogen-bond donors (Lipinski definition) is 3. The van der Waals surface area contributed by atoms with Crippen LogP contribution in [0.2, 0.25) is 0 Å². The summed E-state index contributed by atoms with van der Waals surface area (Å²) in [5.74, 6) is 1.36. The molecule has 0 spiro atoms. The van der Waals surface area contributed by atoms with E-state index >= 15 is 0 Å². The van der Waals surface area contributed by atoms with Crippen molar-refractivity contribution in [2.45, 2.75) is 25.9 Å². The van der Waals surface area contributed by atoms with E-state index in [1.165, 1.54) is 12.1 Å². The lowest BCUT2D eigenvalue weighted by Gasteiger charge is -2.22. The average molecular weight is 387 g/mol. The molecule has 0 saturated carbocycles. The Balaban J connectivity index is 1.52. The Morgan fingerprint density at radius 1 is 1.30 bits per heavy atom. The second kappa shape index (κ2) is 9.24. The Kier molecular flexibility index (Phi) is 6.74. The molecule has 2 heterocycles. The van der Waals surface area contributed by atoms with Gasteiger partial charge in [-0.15, -0.1) is 0 Å². The van der Waals surface area contributed by atoms with Crippen LogP contribution in [0, 0.1) is 5.92 Å². The average Bonchev–Trinajstić information content (AvgIpc) is 3.37. The van der Waals surface area contributed by atoms with Crippen LogP contribution in [0.25, 0.3) is 0 Å². The van der Waals surface area contributed by atoms with E-state index in [2.05, 4.69) is 57.8 Å². The number of anilines is 1. The van der Waals surface area contributed by atoms with E-state index in [4.69, 9.17) is 0 Å². The van der Waals surface area contributed by atoms with Gasteiger partial charge in [0.1, 0.15) is 5.60 Å². The highest BCUT2D eigenvalue weighted by Crippen LogP contribution is 2.24. The maximum absolute atomic E-state index is 10.7. The van der Waals surface area contributed by atoms with Gasteiger partial charge in [-0.2, -0.15) is 11.3 Å². The predicted octanol–water partition coefficient (Wildman–Crippen LogP) is 3.04. The number of benzene rings is 1. The fraction of sp³-hybridized carbons (Fsp3) is 0.476. The Labute approximate surface area is 166 Å². The van der Waals surface area contributed by atoms with E-state index in [0.717, 1.165) is 37.7 Å². The van der Waals surface area contributed by atoms with E-state index in [-0.39, 0.29) is 0 Å². The second-order valence-electron chi connectivity index (χ2n) is 7.30. The molecule has 2 unspecified atom stereocenters. The molecular weight excluding hydrogens is 356 g/mol. The van der Waals surface area contributed by atoms with Gasteiger partial charge in [-0.3, -0.25) is 0 Å². The molecule has 146 valence electrons. The van der Waals surface area contributed by atoms with E-state index < -0.39 is 5.60 Å². The molecule has 6 heteroatoms. The molecule has 0 amide bonds. The van der Waals surface area contributed by atoms with Crippen LogP contribution >= 0.6 is 11.3 Å². The molecule has 2 atom stereocenters. The molecule has 1 aromatic heterocycles. The molecule has 3 rings (SSSR count). The Bertz CT molecular complexity index is 715. The summed E-state index contributed by atoms with van der Waals surface area (Å²) < 4.78 is 0. The van der Waals surface area contributed by atoms with Crippen molar-refractivity contribution >= 4 is 23.0 Å². The van der Waals surface area contributed by atoms with Crippen molar-refractivity contribution in [3.05, 3.63) is 52.7 Å². The SMILES string of the molecule is CCNC(=NCC(C)(O)c1ccsc1)NCC1CCN(c2ccccc2)C1. The zero-order valence-electron chi connectivity index (χ0n) is 16.2. The summed E-state index contributed by atoms with van der Waals surface area (Å²) in [7, 11) is 0. The molecule has 1 aliphatic heterocycles. The molecule has 0 bridgehead atoms. The van der Waals surface area contributed by atoms with Crippen LogP contribution in [0.15, 0.2) is 52.2 Å². The standard InChI is InChI=1S/C21H30N4OS/c1-3-22-20(24-16-21(2,26)18-10-12-27-15-18)23-13-17-9-11-25(14-17)19-7-5-4-6-8-19/h4-8,10,12,15,17,26H,3,9,11,13-14,16H2,1-2H3,(H2,22,23,24). The highest BCUT2D eigenvalue weighted by atomic mass is 32.1. The molecule has 2 aromatic rings. The molecule has 1 aromatic carbocycles. The normalized spacial score (nSPS) is 19.7. The van der Waals surface area contributed by atoms with Gasteiger partial charge in [-0.25, -0.2) is 4.99 Å². The Morgan fingerprint density at radius 2 is 2.11 bits per heavy atom. The number of nitrogens with one attached hydrogen (secondary N) is 2. The number of rotatable bonds is 7. The fourth-order valence-corrected chi connectivity index (χ4v) is 4.13. The van der Waals surface area contributed by atoms with Crippen LogP contribution in [0.5, 0.6) is 0 Å². The topological polar surface area (TPSA) is 59.9 Å². The van der Waals surface area contributed by atoms with Crippen LogP contribution in [0.4, 0.5) is 5.69 Å². The van der Waals surface area contributed by atoms with Crippen LogP contribution in [0.1, 0.15) is 25.8 Å². The van der Waals surface area contributed by atoms with Crippen molar-refractivity contribution in [3.63, 3.8) is 0 Å². The summed E-state index contributed by atoms with van der Waals surface area (Å²) in [6, 6.07) is 12.5. The van der Waals surface area contributed by atoms with Crippen LogP contribution in [0.3, 0.4) is 0 Å². The second-order valence-corrected chi connectivity index (χ2v) is 8.08. The number of aliphatic hydroxyl groups is 1. The third kappa shape index (κ3) is 5.47. The first-order valence-electron chi connectivity index (χ1n) is 9.65. The summed E-state index contributed by atoms with van der Waals surface area (Å²) >= 11 is 1.59. The van der Waals surface area contributed by atoms with Crippen molar-refractivity contribution in [2.75, 3.05) is 37.6 Å². The van der Waals surface area contributed by atoms with Gasteiger partial charge in [0.25, 0.3) is 0 Å².